The fraction of sp³-hybridized carbons (Fsp3) is 0.500. The van der Waals surface area contributed by atoms with E-state index in [0.29, 0.717) is 0 Å². The summed E-state index contributed by atoms with van der Waals surface area (Å²) >= 11 is 0. The summed E-state index contributed by atoms with van der Waals surface area (Å²) in [4.78, 5) is 0. The topological polar surface area (TPSA) is 0 Å². The molecule has 0 rings (SSSR count). The van der Waals surface area contributed by atoms with Crippen LogP contribution in [0.3, 0.4) is 0 Å². The molecule has 0 saturated carbocycles. The van der Waals surface area contributed by atoms with Crippen molar-refractivity contribution < 1.29 is 0 Å². The lowest BCUT2D eigenvalue weighted by Crippen LogP contribution is -1.66. The quantitative estimate of drug-likeness (QED) is 0.296. The van der Waals surface area contributed by atoms with Gasteiger partial charge in [0, 0.05) is 6.42 Å². The molecule has 0 heteroatoms. The van der Waals surface area contributed by atoms with Crippen molar-refractivity contribution in [2.75, 3.05) is 0 Å². The summed E-state index contributed by atoms with van der Waals surface area (Å²) in [5, 5.41) is 0. The molecule has 0 aliphatic rings. The molecule has 8 heavy (non-hydrogen) atoms. The van der Waals surface area contributed by atoms with Gasteiger partial charge in [0.15, 0.2) is 0 Å². The molecule has 0 aromatic rings. The van der Waals surface area contributed by atoms with Crippen LogP contribution in [0.4, 0.5) is 0 Å². The fourth-order valence-electron chi connectivity index (χ4n) is 0.489. The zero-order valence-electron chi connectivity index (χ0n) is 5.35. The Morgan fingerprint density at radius 1 is 1.62 bits per heavy atom. The van der Waals surface area contributed by atoms with Gasteiger partial charge in [-0.05, 0) is 19.8 Å². The van der Waals surface area contributed by atoms with Gasteiger partial charge in [0.1, 0.15) is 0 Å². The molecule has 44 valence electrons. The molecule has 0 aromatic heterocycles. The molecule has 0 saturated heterocycles. The Bertz CT molecular complexity index is 93.1. The summed E-state index contributed by atoms with van der Waals surface area (Å²) in [6.07, 6.45) is 12.4. The second kappa shape index (κ2) is 6.30. The third-order valence-corrected chi connectivity index (χ3v) is 0.928. The number of hydrogen-bond donors (Lipinski definition) is 0. The van der Waals surface area contributed by atoms with E-state index >= 15 is 0 Å². The second-order valence-corrected chi connectivity index (χ2v) is 1.67. The molecule has 0 aliphatic carbocycles. The first-order valence-corrected chi connectivity index (χ1v) is 2.96. The molecule has 0 N–H and O–H groups in total. The van der Waals surface area contributed by atoms with Crippen LogP contribution in [0.5, 0.6) is 0 Å². The normalized spacial score (nSPS) is 9.50. The molecule has 0 radical (unpaired) electrons. The maximum atomic E-state index is 5.04. The van der Waals surface area contributed by atoms with Crippen molar-refractivity contribution in [2.45, 2.75) is 26.2 Å². The van der Waals surface area contributed by atoms with E-state index < -0.39 is 0 Å². The Hall–Kier alpha value is -0.700. The van der Waals surface area contributed by atoms with Crippen LogP contribution in [0.2, 0.25) is 0 Å². The lowest BCUT2D eigenvalue weighted by atomic mass is 10.2. The zero-order chi connectivity index (χ0) is 6.24. The molecule has 0 amide bonds. The van der Waals surface area contributed by atoms with Gasteiger partial charge in [-0.15, -0.1) is 12.3 Å². The van der Waals surface area contributed by atoms with Crippen LogP contribution >= 0.6 is 0 Å². The molecule has 0 bridgehead atoms. The van der Waals surface area contributed by atoms with E-state index in [-0.39, 0.29) is 0 Å². The largest absolute Gasteiger partial charge is 0.120 e. The lowest BCUT2D eigenvalue weighted by molar-refractivity contribution is 0.885. The predicted molar refractivity (Wildman–Crippen MR) is 37.5 cm³/mol. The van der Waals surface area contributed by atoms with Gasteiger partial charge in [-0.3, -0.25) is 0 Å². The second-order valence-electron chi connectivity index (χ2n) is 1.67. The highest BCUT2D eigenvalue weighted by Crippen LogP contribution is 1.93. The lowest BCUT2D eigenvalue weighted by Gasteiger charge is -1.83. The van der Waals surface area contributed by atoms with Crippen molar-refractivity contribution in [3.8, 4) is 12.3 Å². The van der Waals surface area contributed by atoms with E-state index in [1.165, 1.54) is 0 Å². The summed E-state index contributed by atoms with van der Waals surface area (Å²) in [6.45, 7) is 2.02. The van der Waals surface area contributed by atoms with Crippen LogP contribution in [-0.2, 0) is 0 Å². The summed E-state index contributed by atoms with van der Waals surface area (Å²) in [7, 11) is 0. The third-order valence-electron chi connectivity index (χ3n) is 0.928. The number of allylic oxidation sites excluding steroid dienone is 2. The van der Waals surface area contributed by atoms with E-state index in [9.17, 15) is 0 Å². The predicted octanol–water partition coefficient (Wildman–Crippen LogP) is 2.37. The average Bonchev–Trinajstić information content (AvgIpc) is 1.81. The smallest absolute Gasteiger partial charge is 0.00890 e. The van der Waals surface area contributed by atoms with Crippen LogP contribution < -0.4 is 0 Å². The number of hydrogen-bond acceptors (Lipinski definition) is 0. The Balaban J connectivity index is 2.85. The third kappa shape index (κ3) is 5.30. The van der Waals surface area contributed by atoms with Gasteiger partial charge in [-0.25, -0.2) is 0 Å². The average molecular weight is 108 g/mol. The highest BCUT2D eigenvalue weighted by Gasteiger charge is 1.75. The SMILES string of the molecule is C#CCCCC=CC. The van der Waals surface area contributed by atoms with Crippen molar-refractivity contribution >= 4 is 0 Å². The van der Waals surface area contributed by atoms with E-state index in [1.54, 1.807) is 0 Å². The summed E-state index contributed by atoms with van der Waals surface area (Å²) in [5.74, 6) is 2.59. The highest BCUT2D eigenvalue weighted by atomic mass is 13.8. The van der Waals surface area contributed by atoms with E-state index in [0.717, 1.165) is 19.3 Å². The van der Waals surface area contributed by atoms with Crippen molar-refractivity contribution in [3.63, 3.8) is 0 Å². The van der Waals surface area contributed by atoms with Gasteiger partial charge in [-0.2, -0.15) is 0 Å². The number of terminal acetylenes is 1. The van der Waals surface area contributed by atoms with Gasteiger partial charge in [0.25, 0.3) is 0 Å². The standard InChI is InChI=1S/C8H12/c1-3-5-7-8-6-4-2/h1,4,6H,5,7-8H2,2H3. The Kier molecular flexibility index (Phi) is 5.75. The van der Waals surface area contributed by atoms with Crippen LogP contribution in [0.25, 0.3) is 0 Å². The van der Waals surface area contributed by atoms with Crippen molar-refractivity contribution in [2.24, 2.45) is 0 Å². The molecular weight excluding hydrogens is 96.1 g/mol. The summed E-state index contributed by atoms with van der Waals surface area (Å²) < 4.78 is 0. The molecule has 0 heterocycles. The molecule has 0 aliphatic heterocycles. The molecular formula is C8H12. The van der Waals surface area contributed by atoms with E-state index in [4.69, 9.17) is 6.42 Å². The maximum absolute atomic E-state index is 5.04. The van der Waals surface area contributed by atoms with Crippen molar-refractivity contribution in [3.05, 3.63) is 12.2 Å². The van der Waals surface area contributed by atoms with E-state index in [1.807, 2.05) is 6.92 Å². The van der Waals surface area contributed by atoms with Crippen LogP contribution in [0.1, 0.15) is 26.2 Å². The van der Waals surface area contributed by atoms with Crippen LogP contribution in [-0.4, -0.2) is 0 Å². The minimum atomic E-state index is 0.907. The summed E-state index contributed by atoms with van der Waals surface area (Å²) in [5.41, 5.74) is 0. The van der Waals surface area contributed by atoms with Gasteiger partial charge >= 0.3 is 0 Å². The first kappa shape index (κ1) is 7.30. The van der Waals surface area contributed by atoms with Crippen molar-refractivity contribution in [1.29, 1.82) is 0 Å². The Morgan fingerprint density at radius 2 is 2.38 bits per heavy atom. The van der Waals surface area contributed by atoms with Gasteiger partial charge in [0.05, 0.1) is 0 Å². The zero-order valence-corrected chi connectivity index (χ0v) is 5.35. The molecule has 0 aromatic carbocycles. The van der Waals surface area contributed by atoms with Gasteiger partial charge in [-0.1, -0.05) is 12.2 Å². The van der Waals surface area contributed by atoms with E-state index in [2.05, 4.69) is 18.1 Å². The molecule has 0 spiro atoms. The number of rotatable bonds is 3. The van der Waals surface area contributed by atoms with Crippen LogP contribution in [0.15, 0.2) is 12.2 Å². The number of unbranched alkanes of at least 4 members (excludes halogenated alkanes) is 2. The van der Waals surface area contributed by atoms with Gasteiger partial charge < -0.3 is 0 Å². The Labute approximate surface area is 51.6 Å². The first-order chi connectivity index (χ1) is 3.91. The molecule has 0 atom stereocenters. The Morgan fingerprint density at radius 3 is 2.88 bits per heavy atom. The fourth-order valence-corrected chi connectivity index (χ4v) is 0.489. The summed E-state index contributed by atoms with van der Waals surface area (Å²) in [6, 6.07) is 0. The van der Waals surface area contributed by atoms with Crippen LogP contribution in [0, 0.1) is 12.3 Å². The maximum Gasteiger partial charge on any atom is 0.00890 e. The molecule has 0 fully saturated rings. The highest BCUT2D eigenvalue weighted by molar-refractivity contribution is 4.85. The molecule has 0 unspecified atom stereocenters. The first-order valence-electron chi connectivity index (χ1n) is 2.96. The van der Waals surface area contributed by atoms with Gasteiger partial charge in [0.2, 0.25) is 0 Å². The van der Waals surface area contributed by atoms with Crippen molar-refractivity contribution in [1.82, 2.24) is 0 Å². The molecule has 0 nitrogen and oxygen atoms in total. The minimum Gasteiger partial charge on any atom is -0.120 e. The minimum absolute atomic E-state index is 0.907. The monoisotopic (exact) mass is 108 g/mol.